The fourth-order valence-corrected chi connectivity index (χ4v) is 7.42. The summed E-state index contributed by atoms with van der Waals surface area (Å²) in [6, 6.07) is 0. The predicted molar refractivity (Wildman–Crippen MR) is 211 cm³/mol. The van der Waals surface area contributed by atoms with Gasteiger partial charge in [0.25, 0.3) is 0 Å². The lowest BCUT2D eigenvalue weighted by atomic mass is 9.99. The van der Waals surface area contributed by atoms with Gasteiger partial charge in [-0.25, -0.2) is 4.18 Å². The Bertz CT molecular complexity index is 968. The van der Waals surface area contributed by atoms with Crippen molar-refractivity contribution < 1.29 is 56.2 Å². The molecule has 1 aliphatic rings. The zero-order valence-electron chi connectivity index (χ0n) is 34.1. The molecule has 0 aromatic carbocycles. The van der Waals surface area contributed by atoms with Crippen LogP contribution < -0.4 is 0 Å². The normalized spacial score (nSPS) is 21.0. The van der Waals surface area contributed by atoms with Crippen molar-refractivity contribution in [3.63, 3.8) is 0 Å². The van der Waals surface area contributed by atoms with Crippen LogP contribution in [0.15, 0.2) is 0 Å². The quantitative estimate of drug-likeness (QED) is 0.0266. The minimum Gasteiger partial charge on any atom is -0.457 e. The molecular formula is C41H80O12S. The molecule has 0 spiro atoms. The van der Waals surface area contributed by atoms with Crippen LogP contribution in [0.5, 0.6) is 0 Å². The first-order valence-corrected chi connectivity index (χ1v) is 23.2. The molecule has 6 unspecified atom stereocenters. The largest absolute Gasteiger partial charge is 0.457 e. The molecule has 54 heavy (non-hydrogen) atoms. The Morgan fingerprint density at radius 2 is 1.06 bits per heavy atom. The summed E-state index contributed by atoms with van der Waals surface area (Å²) in [6.45, 7) is 3.98. The Kier molecular flexibility index (Phi) is 32.3. The number of ether oxygens (including phenoxy) is 4. The van der Waals surface area contributed by atoms with Crippen molar-refractivity contribution in [2.24, 2.45) is 0 Å². The molecule has 0 aromatic heterocycles. The van der Waals surface area contributed by atoms with E-state index in [4.69, 9.17) is 23.5 Å². The van der Waals surface area contributed by atoms with E-state index in [1.165, 1.54) is 128 Å². The van der Waals surface area contributed by atoms with Gasteiger partial charge in [-0.1, -0.05) is 174 Å². The highest BCUT2D eigenvalue weighted by molar-refractivity contribution is 7.80. The van der Waals surface area contributed by atoms with Crippen LogP contribution in [-0.2, 0) is 38.3 Å². The van der Waals surface area contributed by atoms with Gasteiger partial charge in [0.2, 0.25) is 0 Å². The van der Waals surface area contributed by atoms with Crippen LogP contribution in [-0.4, -0.2) is 97.5 Å². The summed E-state index contributed by atoms with van der Waals surface area (Å²) >= 11 is 0. The zero-order valence-corrected chi connectivity index (χ0v) is 34.9. The SMILES string of the molecule is CCCCCCCCCCCCCCCCCCCCCC(=O)OC(COCCCCCCCCCC)COC1OC(CO)C(O)C(OS(=O)(=O)O)C1O. The van der Waals surface area contributed by atoms with Gasteiger partial charge in [-0.2, -0.15) is 8.42 Å². The maximum atomic E-state index is 12.8. The van der Waals surface area contributed by atoms with E-state index in [-0.39, 0.29) is 19.6 Å². The molecule has 1 fully saturated rings. The second-order valence-corrected chi connectivity index (χ2v) is 16.4. The van der Waals surface area contributed by atoms with Gasteiger partial charge in [0.15, 0.2) is 6.29 Å². The van der Waals surface area contributed by atoms with Crippen LogP contribution in [0.25, 0.3) is 0 Å². The van der Waals surface area contributed by atoms with Crippen LogP contribution in [0.1, 0.15) is 194 Å². The van der Waals surface area contributed by atoms with Crippen molar-refractivity contribution in [2.45, 2.75) is 230 Å². The second kappa shape index (κ2) is 34.2. The number of carbonyl (C=O) groups is 1. The molecule has 0 aliphatic carbocycles. The van der Waals surface area contributed by atoms with E-state index in [2.05, 4.69) is 18.0 Å². The van der Waals surface area contributed by atoms with Crippen LogP contribution in [0, 0.1) is 0 Å². The number of aliphatic hydroxyl groups excluding tert-OH is 3. The first-order chi connectivity index (χ1) is 26.1. The topological polar surface area (TPSA) is 178 Å². The van der Waals surface area contributed by atoms with Crippen molar-refractivity contribution in [2.75, 3.05) is 26.4 Å². The molecule has 1 saturated heterocycles. The van der Waals surface area contributed by atoms with Crippen LogP contribution in [0.2, 0.25) is 0 Å². The standard InChI is InChI=1S/C41H80O12S/c1-3-5-7-9-11-13-14-15-16-17-18-19-20-21-22-23-24-26-28-30-37(43)51-35(33-49-31-29-27-25-12-10-8-6-4-2)34-50-41-39(45)40(53-54(46,47)48)38(44)36(32-42)52-41/h35-36,38-42,44-45H,3-34H2,1-2H3,(H,46,47,48). The van der Waals surface area contributed by atoms with Gasteiger partial charge in [-0.15, -0.1) is 0 Å². The number of hydrogen-bond donors (Lipinski definition) is 4. The maximum absolute atomic E-state index is 12.8. The predicted octanol–water partition coefficient (Wildman–Crippen LogP) is 8.52. The Morgan fingerprint density at radius 1 is 0.630 bits per heavy atom. The molecule has 0 radical (unpaired) electrons. The number of aliphatic hydroxyl groups is 3. The Hall–Kier alpha value is -0.900. The highest BCUT2D eigenvalue weighted by atomic mass is 32.3. The van der Waals surface area contributed by atoms with Gasteiger partial charge < -0.3 is 34.3 Å². The average molecular weight is 797 g/mol. The summed E-state index contributed by atoms with van der Waals surface area (Å²) in [5, 5.41) is 30.5. The second-order valence-electron chi connectivity index (χ2n) is 15.3. The molecule has 12 nitrogen and oxygen atoms in total. The van der Waals surface area contributed by atoms with Gasteiger partial charge in [0.1, 0.15) is 30.5 Å². The highest BCUT2D eigenvalue weighted by Gasteiger charge is 2.48. The lowest BCUT2D eigenvalue weighted by molar-refractivity contribution is -0.301. The third-order valence-corrected chi connectivity index (χ3v) is 10.7. The van der Waals surface area contributed by atoms with E-state index in [9.17, 15) is 28.5 Å². The van der Waals surface area contributed by atoms with Crippen molar-refractivity contribution >= 4 is 16.4 Å². The molecule has 1 aliphatic heterocycles. The molecule has 4 N–H and O–H groups in total. The van der Waals surface area contributed by atoms with Crippen LogP contribution in [0.3, 0.4) is 0 Å². The highest BCUT2D eigenvalue weighted by Crippen LogP contribution is 2.26. The average Bonchev–Trinajstić information content (AvgIpc) is 3.14. The Balaban J connectivity index is 2.36. The maximum Gasteiger partial charge on any atom is 0.397 e. The first kappa shape index (κ1) is 51.1. The molecule has 322 valence electrons. The number of rotatable bonds is 38. The van der Waals surface area contributed by atoms with Gasteiger partial charge in [0.05, 0.1) is 19.8 Å². The monoisotopic (exact) mass is 797 g/mol. The van der Waals surface area contributed by atoms with Gasteiger partial charge in [-0.3, -0.25) is 9.35 Å². The van der Waals surface area contributed by atoms with Crippen molar-refractivity contribution in [1.29, 1.82) is 0 Å². The van der Waals surface area contributed by atoms with Gasteiger partial charge in [0, 0.05) is 13.0 Å². The van der Waals surface area contributed by atoms with Crippen molar-refractivity contribution in [3.05, 3.63) is 0 Å². The molecule has 1 rings (SSSR count). The summed E-state index contributed by atoms with van der Waals surface area (Å²) in [7, 11) is -5.05. The van der Waals surface area contributed by atoms with Crippen molar-refractivity contribution in [3.8, 4) is 0 Å². The summed E-state index contributed by atoms with van der Waals surface area (Å²) in [5.41, 5.74) is 0. The molecule has 0 aromatic rings. The Morgan fingerprint density at radius 3 is 1.48 bits per heavy atom. The molecule has 0 amide bonds. The summed E-state index contributed by atoms with van der Waals surface area (Å²) in [5.74, 6) is -0.396. The van der Waals surface area contributed by atoms with E-state index >= 15 is 0 Å². The number of unbranched alkanes of at least 4 members (excludes halogenated alkanes) is 25. The summed E-state index contributed by atoms with van der Waals surface area (Å²) in [6.07, 6.45) is 24.4. The first-order valence-electron chi connectivity index (χ1n) is 21.8. The van der Waals surface area contributed by atoms with E-state index < -0.39 is 59.8 Å². The van der Waals surface area contributed by atoms with Crippen LogP contribution in [0.4, 0.5) is 0 Å². The van der Waals surface area contributed by atoms with E-state index in [0.29, 0.717) is 13.0 Å². The molecule has 1 heterocycles. The van der Waals surface area contributed by atoms with Crippen molar-refractivity contribution in [1.82, 2.24) is 0 Å². The van der Waals surface area contributed by atoms with E-state index in [1.54, 1.807) is 0 Å². The smallest absolute Gasteiger partial charge is 0.397 e. The third kappa shape index (κ3) is 27.7. The number of hydrogen-bond acceptors (Lipinski definition) is 11. The van der Waals surface area contributed by atoms with Gasteiger partial charge >= 0.3 is 16.4 Å². The third-order valence-electron chi connectivity index (χ3n) is 10.2. The lowest BCUT2D eigenvalue weighted by Gasteiger charge is -2.41. The Labute approximate surface area is 328 Å². The number of carbonyl (C=O) groups excluding carboxylic acids is 1. The minimum absolute atomic E-state index is 0.0429. The van der Waals surface area contributed by atoms with Gasteiger partial charge in [-0.05, 0) is 12.8 Å². The fraction of sp³-hybridized carbons (Fsp3) is 0.976. The van der Waals surface area contributed by atoms with E-state index in [1.807, 2.05) is 0 Å². The summed E-state index contributed by atoms with van der Waals surface area (Å²) < 4.78 is 58.8. The fourth-order valence-electron chi connectivity index (χ4n) is 6.91. The molecule has 13 heteroatoms. The minimum atomic E-state index is -5.05. The molecule has 0 bridgehead atoms. The summed E-state index contributed by atoms with van der Waals surface area (Å²) in [4.78, 5) is 12.8. The molecule has 0 saturated carbocycles. The van der Waals surface area contributed by atoms with E-state index in [0.717, 1.165) is 38.5 Å². The number of esters is 1. The van der Waals surface area contributed by atoms with Crippen LogP contribution >= 0.6 is 0 Å². The molecule has 6 atom stereocenters. The zero-order chi connectivity index (χ0) is 39.7. The lowest BCUT2D eigenvalue weighted by Crippen LogP contribution is -2.60. The molecular weight excluding hydrogens is 717 g/mol.